The van der Waals surface area contributed by atoms with E-state index in [0.717, 1.165) is 12.1 Å². The van der Waals surface area contributed by atoms with Crippen molar-refractivity contribution in [1.29, 1.82) is 0 Å². The van der Waals surface area contributed by atoms with Gasteiger partial charge in [0.05, 0.1) is 11.0 Å². The van der Waals surface area contributed by atoms with Crippen molar-refractivity contribution in [2.45, 2.75) is 6.10 Å². The van der Waals surface area contributed by atoms with Gasteiger partial charge in [-0.1, -0.05) is 0 Å². The molecule has 80 valence electrons. The van der Waals surface area contributed by atoms with E-state index < -0.39 is 28.5 Å². The first kappa shape index (κ1) is 11.1. The zero-order valence-corrected chi connectivity index (χ0v) is 7.25. The van der Waals surface area contributed by atoms with Crippen LogP contribution in [0, 0.1) is 15.9 Å². The van der Waals surface area contributed by atoms with E-state index in [1.54, 1.807) is 0 Å². The number of halogens is 1. The van der Waals surface area contributed by atoms with Crippen LogP contribution in [0.5, 0.6) is 0 Å². The molecule has 1 unspecified atom stereocenters. The van der Waals surface area contributed by atoms with Gasteiger partial charge in [0.25, 0.3) is 5.69 Å². The Bertz CT molecular complexity index is 419. The van der Waals surface area contributed by atoms with Crippen molar-refractivity contribution in [2.24, 2.45) is 0 Å². The normalized spacial score (nSPS) is 12.1. The maximum atomic E-state index is 12.8. The highest BCUT2D eigenvalue weighted by Crippen LogP contribution is 2.21. The minimum atomic E-state index is -1.97. The summed E-state index contributed by atoms with van der Waals surface area (Å²) in [5.41, 5.74) is -0.973. The summed E-state index contributed by atoms with van der Waals surface area (Å²) in [6.07, 6.45) is -1.97. The number of aliphatic carboxylic acids is 1. The molecule has 0 fully saturated rings. The van der Waals surface area contributed by atoms with E-state index in [9.17, 15) is 19.3 Å². The first-order chi connectivity index (χ1) is 6.91. The SMILES string of the molecule is O=C(O)C(O)c1cc(F)cc([N+](=O)[O-])c1. The highest BCUT2D eigenvalue weighted by Gasteiger charge is 2.20. The lowest BCUT2D eigenvalue weighted by molar-refractivity contribution is -0.385. The molecule has 2 N–H and O–H groups in total. The van der Waals surface area contributed by atoms with Gasteiger partial charge in [-0.2, -0.15) is 0 Å². The van der Waals surface area contributed by atoms with Crippen LogP contribution in [0.15, 0.2) is 18.2 Å². The molecule has 15 heavy (non-hydrogen) atoms. The van der Waals surface area contributed by atoms with E-state index in [-0.39, 0.29) is 5.56 Å². The summed E-state index contributed by atoms with van der Waals surface area (Å²) in [4.78, 5) is 19.8. The number of aliphatic hydroxyl groups excluding tert-OH is 1. The van der Waals surface area contributed by atoms with Gasteiger partial charge in [0.1, 0.15) is 5.82 Å². The zero-order chi connectivity index (χ0) is 11.6. The van der Waals surface area contributed by atoms with Crippen LogP contribution in [-0.4, -0.2) is 21.1 Å². The van der Waals surface area contributed by atoms with E-state index >= 15 is 0 Å². The van der Waals surface area contributed by atoms with Crippen LogP contribution in [0.2, 0.25) is 0 Å². The number of rotatable bonds is 3. The van der Waals surface area contributed by atoms with Crippen LogP contribution in [0.4, 0.5) is 10.1 Å². The molecule has 0 aliphatic rings. The Kier molecular flexibility index (Phi) is 2.96. The van der Waals surface area contributed by atoms with Crippen molar-refractivity contribution in [3.8, 4) is 0 Å². The Morgan fingerprint density at radius 2 is 2.07 bits per heavy atom. The van der Waals surface area contributed by atoms with Crippen LogP contribution in [0.25, 0.3) is 0 Å². The Labute approximate surface area is 82.7 Å². The number of carbonyl (C=O) groups is 1. The molecule has 1 aromatic rings. The predicted molar refractivity (Wildman–Crippen MR) is 45.7 cm³/mol. The van der Waals surface area contributed by atoms with Gasteiger partial charge in [-0.05, 0) is 6.07 Å². The third kappa shape index (κ3) is 2.47. The molecular formula is C8H6FNO5. The Morgan fingerprint density at radius 3 is 2.53 bits per heavy atom. The number of nitro groups is 1. The van der Waals surface area contributed by atoms with E-state index in [1.807, 2.05) is 0 Å². The largest absolute Gasteiger partial charge is 0.479 e. The molecule has 0 spiro atoms. The Balaban J connectivity index is 3.20. The second-order valence-corrected chi connectivity index (χ2v) is 2.74. The third-order valence-corrected chi connectivity index (χ3v) is 1.67. The molecule has 0 saturated heterocycles. The molecule has 0 bridgehead atoms. The minimum Gasteiger partial charge on any atom is -0.479 e. The number of non-ortho nitro benzene ring substituents is 1. The highest BCUT2D eigenvalue weighted by atomic mass is 19.1. The molecule has 0 aliphatic heterocycles. The summed E-state index contributed by atoms with van der Waals surface area (Å²) in [5.74, 6) is -2.57. The summed E-state index contributed by atoms with van der Waals surface area (Å²) < 4.78 is 12.8. The standard InChI is InChI=1S/C8H6FNO5/c9-5-1-4(7(11)8(12)13)2-6(3-5)10(14)15/h1-3,7,11H,(H,12,13). The van der Waals surface area contributed by atoms with Gasteiger partial charge in [0.2, 0.25) is 0 Å². The van der Waals surface area contributed by atoms with Gasteiger partial charge in [0.15, 0.2) is 6.10 Å². The monoisotopic (exact) mass is 215 g/mol. The van der Waals surface area contributed by atoms with Crippen LogP contribution in [0.3, 0.4) is 0 Å². The van der Waals surface area contributed by atoms with Crippen LogP contribution >= 0.6 is 0 Å². The van der Waals surface area contributed by atoms with Gasteiger partial charge >= 0.3 is 5.97 Å². The maximum Gasteiger partial charge on any atom is 0.337 e. The van der Waals surface area contributed by atoms with Crippen molar-refractivity contribution in [3.05, 3.63) is 39.7 Å². The molecule has 0 aromatic heterocycles. The molecule has 0 amide bonds. The molecule has 7 heteroatoms. The molecule has 6 nitrogen and oxygen atoms in total. The number of carboxylic acid groups (broad SMARTS) is 1. The van der Waals surface area contributed by atoms with Crippen LogP contribution < -0.4 is 0 Å². The van der Waals surface area contributed by atoms with E-state index in [4.69, 9.17) is 10.2 Å². The quantitative estimate of drug-likeness (QED) is 0.575. The topological polar surface area (TPSA) is 101 Å². The lowest BCUT2D eigenvalue weighted by atomic mass is 10.1. The summed E-state index contributed by atoms with van der Waals surface area (Å²) in [7, 11) is 0. The van der Waals surface area contributed by atoms with Gasteiger partial charge in [0, 0.05) is 11.6 Å². The summed E-state index contributed by atoms with van der Waals surface area (Å²) >= 11 is 0. The second kappa shape index (κ2) is 4.01. The molecule has 0 saturated carbocycles. The fourth-order valence-corrected chi connectivity index (χ4v) is 1.00. The molecule has 0 aliphatic carbocycles. The first-order valence-corrected chi connectivity index (χ1v) is 3.77. The molecule has 1 atom stereocenters. The molecular weight excluding hydrogens is 209 g/mol. The van der Waals surface area contributed by atoms with Crippen molar-refractivity contribution in [1.82, 2.24) is 0 Å². The Hall–Kier alpha value is -2.02. The lowest BCUT2D eigenvalue weighted by Gasteiger charge is -2.05. The number of carboxylic acids is 1. The fraction of sp³-hybridized carbons (Fsp3) is 0.125. The number of hydrogen-bond donors (Lipinski definition) is 2. The highest BCUT2D eigenvalue weighted by molar-refractivity contribution is 5.74. The average molecular weight is 215 g/mol. The van der Waals surface area contributed by atoms with Gasteiger partial charge in [-0.25, -0.2) is 9.18 Å². The molecule has 0 heterocycles. The van der Waals surface area contributed by atoms with Gasteiger partial charge in [-0.15, -0.1) is 0 Å². The predicted octanol–water partition coefficient (Wildman–Crippen LogP) is 0.852. The molecule has 1 aromatic carbocycles. The number of nitro benzene ring substituents is 1. The van der Waals surface area contributed by atoms with Crippen LogP contribution in [0.1, 0.15) is 11.7 Å². The van der Waals surface area contributed by atoms with E-state index in [1.165, 1.54) is 0 Å². The van der Waals surface area contributed by atoms with Gasteiger partial charge in [-0.3, -0.25) is 10.1 Å². The second-order valence-electron chi connectivity index (χ2n) is 2.74. The average Bonchev–Trinajstić information content (AvgIpc) is 2.15. The van der Waals surface area contributed by atoms with Crippen molar-refractivity contribution in [3.63, 3.8) is 0 Å². The molecule has 1 rings (SSSR count). The fourth-order valence-electron chi connectivity index (χ4n) is 1.00. The number of benzene rings is 1. The number of nitrogens with zero attached hydrogens (tertiary/aromatic N) is 1. The molecule has 0 radical (unpaired) electrons. The van der Waals surface area contributed by atoms with Crippen molar-refractivity contribution < 1.29 is 24.3 Å². The third-order valence-electron chi connectivity index (χ3n) is 1.67. The summed E-state index contributed by atoms with van der Waals surface area (Å²) in [6, 6.07) is 2.17. The minimum absolute atomic E-state index is 0.366. The van der Waals surface area contributed by atoms with Gasteiger partial charge < -0.3 is 10.2 Å². The maximum absolute atomic E-state index is 12.8. The zero-order valence-electron chi connectivity index (χ0n) is 7.25. The number of aliphatic hydroxyl groups is 1. The van der Waals surface area contributed by atoms with Crippen LogP contribution in [-0.2, 0) is 4.79 Å². The Morgan fingerprint density at radius 1 is 1.47 bits per heavy atom. The van der Waals surface area contributed by atoms with Crippen molar-refractivity contribution >= 4 is 11.7 Å². The van der Waals surface area contributed by atoms with Crippen molar-refractivity contribution in [2.75, 3.05) is 0 Å². The smallest absolute Gasteiger partial charge is 0.337 e. The van der Waals surface area contributed by atoms with E-state index in [0.29, 0.717) is 6.07 Å². The van der Waals surface area contributed by atoms with E-state index in [2.05, 4.69) is 0 Å². The summed E-state index contributed by atoms with van der Waals surface area (Å²) in [6.45, 7) is 0. The summed E-state index contributed by atoms with van der Waals surface area (Å²) in [5, 5.41) is 27.8. The lowest BCUT2D eigenvalue weighted by Crippen LogP contribution is -2.11. The first-order valence-electron chi connectivity index (χ1n) is 3.77. The number of hydrogen-bond acceptors (Lipinski definition) is 4.